The number of benzene rings is 3. The van der Waals surface area contributed by atoms with Gasteiger partial charge in [-0.15, -0.1) is 0 Å². The Bertz CT molecular complexity index is 1480. The topological polar surface area (TPSA) is 51.7 Å². The summed E-state index contributed by atoms with van der Waals surface area (Å²) < 4.78 is 0. The van der Waals surface area contributed by atoms with Gasteiger partial charge >= 0.3 is 0 Å². The van der Waals surface area contributed by atoms with E-state index >= 15 is 0 Å². The Morgan fingerprint density at radius 3 is 2.19 bits per heavy atom. The predicted octanol–water partition coefficient (Wildman–Crippen LogP) is 5.99. The summed E-state index contributed by atoms with van der Waals surface area (Å²) in [5.41, 5.74) is 5.71. The summed E-state index contributed by atoms with van der Waals surface area (Å²) >= 11 is 0. The number of hydrogen-bond donors (Lipinski definition) is 1. The number of piperidine rings is 1. The number of para-hydroxylation sites is 1. The molecule has 2 fully saturated rings. The molecule has 1 amide bonds. The molecule has 2 aliphatic heterocycles. The molecule has 218 valence electrons. The summed E-state index contributed by atoms with van der Waals surface area (Å²) in [6.45, 7) is 9.35. The molecule has 0 unspecified atom stereocenters. The van der Waals surface area contributed by atoms with Crippen LogP contribution in [0.25, 0.3) is 22.2 Å². The van der Waals surface area contributed by atoms with Crippen molar-refractivity contribution in [1.29, 1.82) is 0 Å². The summed E-state index contributed by atoms with van der Waals surface area (Å²) in [6.07, 6.45) is 3.33. The second-order valence-electron chi connectivity index (χ2n) is 11.9. The number of aromatic nitrogens is 1. The van der Waals surface area contributed by atoms with Crippen molar-refractivity contribution < 1.29 is 4.79 Å². The van der Waals surface area contributed by atoms with Gasteiger partial charge in [0.2, 0.25) is 0 Å². The molecular formula is C36H43N5O. The Balaban J connectivity index is 1.34. The number of carbonyl (C=O) groups excluding carboxylic acids is 1. The van der Waals surface area contributed by atoms with Crippen LogP contribution in [0.3, 0.4) is 0 Å². The fourth-order valence-electron chi connectivity index (χ4n) is 6.71. The summed E-state index contributed by atoms with van der Waals surface area (Å²) in [7, 11) is 2.23. The van der Waals surface area contributed by atoms with Crippen molar-refractivity contribution in [3.8, 4) is 11.3 Å². The summed E-state index contributed by atoms with van der Waals surface area (Å²) in [5, 5.41) is 4.32. The van der Waals surface area contributed by atoms with Crippen molar-refractivity contribution in [2.75, 3.05) is 46.3 Å². The van der Waals surface area contributed by atoms with Crippen LogP contribution in [-0.2, 0) is 6.54 Å². The minimum atomic E-state index is -0.0586. The monoisotopic (exact) mass is 561 g/mol. The lowest BCUT2D eigenvalue weighted by Crippen LogP contribution is -2.52. The van der Waals surface area contributed by atoms with Crippen LogP contribution in [0.4, 0.5) is 0 Å². The van der Waals surface area contributed by atoms with Gasteiger partial charge in [-0.1, -0.05) is 85.8 Å². The van der Waals surface area contributed by atoms with E-state index in [1.54, 1.807) is 0 Å². The van der Waals surface area contributed by atoms with Crippen LogP contribution in [-0.4, -0.2) is 77.9 Å². The molecule has 1 aromatic heterocycles. The van der Waals surface area contributed by atoms with E-state index in [2.05, 4.69) is 76.5 Å². The van der Waals surface area contributed by atoms with Gasteiger partial charge in [0.05, 0.1) is 22.8 Å². The highest BCUT2D eigenvalue weighted by Gasteiger charge is 2.29. The number of carbonyl (C=O) groups is 1. The van der Waals surface area contributed by atoms with Crippen LogP contribution >= 0.6 is 0 Å². The number of nitrogens with zero attached hydrogens (tertiary/aromatic N) is 4. The minimum Gasteiger partial charge on any atom is -0.345 e. The van der Waals surface area contributed by atoms with Gasteiger partial charge < -0.3 is 10.2 Å². The minimum absolute atomic E-state index is 0.0264. The highest BCUT2D eigenvalue weighted by atomic mass is 16.1. The van der Waals surface area contributed by atoms with Gasteiger partial charge in [-0.25, -0.2) is 4.98 Å². The van der Waals surface area contributed by atoms with Crippen LogP contribution in [0.5, 0.6) is 0 Å². The molecule has 2 aliphatic rings. The average Bonchev–Trinajstić information content (AvgIpc) is 3.04. The third-order valence-electron chi connectivity index (χ3n) is 9.18. The Labute approximate surface area is 250 Å². The van der Waals surface area contributed by atoms with E-state index < -0.39 is 0 Å². The van der Waals surface area contributed by atoms with Gasteiger partial charge in [-0.05, 0) is 51.0 Å². The molecule has 1 atom stereocenters. The number of hydrogen-bond acceptors (Lipinski definition) is 5. The second kappa shape index (κ2) is 13.2. The first kappa shape index (κ1) is 28.5. The van der Waals surface area contributed by atoms with Crippen LogP contribution in [0.1, 0.15) is 53.7 Å². The van der Waals surface area contributed by atoms with Crippen LogP contribution < -0.4 is 5.32 Å². The molecule has 2 saturated heterocycles. The third kappa shape index (κ3) is 6.26. The summed E-state index contributed by atoms with van der Waals surface area (Å²) in [6, 6.07) is 29.4. The number of amides is 1. The van der Waals surface area contributed by atoms with E-state index in [4.69, 9.17) is 4.98 Å². The normalized spacial score (nSPS) is 18.2. The molecule has 0 radical (unpaired) electrons. The molecule has 3 aromatic carbocycles. The lowest BCUT2D eigenvalue weighted by Gasteiger charge is -2.42. The number of fused-ring (bicyclic) bond motifs is 1. The van der Waals surface area contributed by atoms with Crippen LogP contribution in [0, 0.1) is 0 Å². The Kier molecular flexibility index (Phi) is 8.94. The quantitative estimate of drug-likeness (QED) is 0.286. The lowest BCUT2D eigenvalue weighted by atomic mass is 9.94. The first-order valence-electron chi connectivity index (χ1n) is 15.6. The zero-order valence-corrected chi connectivity index (χ0v) is 25.0. The fraction of sp³-hybridized carbons (Fsp3) is 0.389. The highest BCUT2D eigenvalue weighted by molar-refractivity contribution is 6.09. The van der Waals surface area contributed by atoms with Crippen molar-refractivity contribution in [1.82, 2.24) is 25.0 Å². The smallest absolute Gasteiger partial charge is 0.252 e. The predicted molar refractivity (Wildman–Crippen MR) is 171 cm³/mol. The summed E-state index contributed by atoms with van der Waals surface area (Å²) in [4.78, 5) is 27.2. The van der Waals surface area contributed by atoms with E-state index in [9.17, 15) is 4.79 Å². The Morgan fingerprint density at radius 1 is 0.857 bits per heavy atom. The molecule has 0 aliphatic carbocycles. The van der Waals surface area contributed by atoms with Gasteiger partial charge in [0.1, 0.15) is 0 Å². The highest BCUT2D eigenvalue weighted by Crippen LogP contribution is 2.32. The van der Waals surface area contributed by atoms with Gasteiger partial charge in [0.25, 0.3) is 5.91 Å². The van der Waals surface area contributed by atoms with Crippen molar-refractivity contribution in [3.05, 3.63) is 102 Å². The van der Waals surface area contributed by atoms with E-state index in [0.29, 0.717) is 12.6 Å². The van der Waals surface area contributed by atoms with Crippen molar-refractivity contribution in [2.24, 2.45) is 0 Å². The number of rotatable bonds is 8. The van der Waals surface area contributed by atoms with Crippen molar-refractivity contribution in [2.45, 2.75) is 44.8 Å². The van der Waals surface area contributed by atoms with Gasteiger partial charge in [0, 0.05) is 55.3 Å². The van der Waals surface area contributed by atoms with Gasteiger partial charge in [-0.3, -0.25) is 14.6 Å². The molecule has 0 bridgehead atoms. The Hall–Kier alpha value is -3.58. The first-order valence-corrected chi connectivity index (χ1v) is 15.6. The number of nitrogens with one attached hydrogen (secondary N) is 1. The van der Waals surface area contributed by atoms with Gasteiger partial charge in [0.15, 0.2) is 0 Å². The molecule has 3 heterocycles. The maximum Gasteiger partial charge on any atom is 0.252 e. The number of likely N-dealkylation sites (tertiary alicyclic amines) is 1. The maximum absolute atomic E-state index is 14.4. The molecule has 6 heteroatoms. The van der Waals surface area contributed by atoms with Crippen LogP contribution in [0.15, 0.2) is 84.9 Å². The second-order valence-corrected chi connectivity index (χ2v) is 11.9. The molecule has 0 spiro atoms. The molecule has 6 nitrogen and oxygen atoms in total. The maximum atomic E-state index is 14.4. The molecule has 42 heavy (non-hydrogen) atoms. The zero-order chi connectivity index (χ0) is 28.9. The van der Waals surface area contributed by atoms with Crippen LogP contribution in [0.2, 0.25) is 0 Å². The van der Waals surface area contributed by atoms with Crippen molar-refractivity contribution >= 4 is 16.8 Å². The third-order valence-corrected chi connectivity index (χ3v) is 9.18. The van der Waals surface area contributed by atoms with E-state index in [1.165, 1.54) is 25.9 Å². The number of piperazine rings is 1. The van der Waals surface area contributed by atoms with Gasteiger partial charge in [-0.2, -0.15) is 0 Å². The van der Waals surface area contributed by atoms with E-state index in [-0.39, 0.29) is 11.9 Å². The molecule has 4 aromatic rings. The fourth-order valence-corrected chi connectivity index (χ4v) is 6.71. The van der Waals surface area contributed by atoms with E-state index in [0.717, 1.165) is 71.5 Å². The molecule has 6 rings (SSSR count). The summed E-state index contributed by atoms with van der Waals surface area (Å²) in [5.74, 6) is -0.0264. The van der Waals surface area contributed by atoms with E-state index in [1.807, 2.05) is 42.5 Å². The number of pyridine rings is 1. The first-order chi connectivity index (χ1) is 20.6. The lowest BCUT2D eigenvalue weighted by molar-refractivity contribution is 0.0617. The molecule has 0 saturated carbocycles. The standard InChI is InChI=1S/C36H43N5O/c1-3-32(27-12-6-4-7-13-27)38-36(42)34-30-16-10-11-17-33(30)37-35(28-14-8-5-9-15-28)31(34)26-40-22-24-41(25-23-40)29-18-20-39(2)21-19-29/h4-17,29,32H,3,18-26H2,1-2H3,(H,38,42)/t32-/m0/s1. The SMILES string of the molecule is CC[C@H](NC(=O)c1c(CN2CCN(C3CCN(C)CC3)CC2)c(-c2ccccc2)nc2ccccc12)c1ccccc1. The zero-order valence-electron chi connectivity index (χ0n) is 25.0. The Morgan fingerprint density at radius 2 is 1.50 bits per heavy atom. The molecular weight excluding hydrogens is 518 g/mol. The average molecular weight is 562 g/mol. The van der Waals surface area contributed by atoms with Crippen molar-refractivity contribution in [3.63, 3.8) is 0 Å². The largest absolute Gasteiger partial charge is 0.345 e. The molecule has 1 N–H and O–H groups in total.